The van der Waals surface area contributed by atoms with Gasteiger partial charge in [0.2, 0.25) is 0 Å². The monoisotopic (exact) mass is 289 g/mol. The number of hydrogen-bond acceptors (Lipinski definition) is 2. The van der Waals surface area contributed by atoms with Crippen LogP contribution >= 0.6 is 0 Å². The fourth-order valence-corrected chi connectivity index (χ4v) is 3.82. The summed E-state index contributed by atoms with van der Waals surface area (Å²) >= 11 is 0. The van der Waals surface area contributed by atoms with Crippen molar-refractivity contribution in [2.45, 2.75) is 58.9 Å². The number of phenolic OH excluding ortho intramolecular Hbond substituents is 1. The number of likely N-dealkylation sites (N-methyl/N-ethyl adjacent to an activating group) is 1. The molecular formula is C19H31NO. The van der Waals surface area contributed by atoms with E-state index in [4.69, 9.17) is 0 Å². The van der Waals surface area contributed by atoms with Gasteiger partial charge in [-0.15, -0.1) is 0 Å². The summed E-state index contributed by atoms with van der Waals surface area (Å²) in [6.45, 7) is 7.93. The van der Waals surface area contributed by atoms with E-state index in [-0.39, 0.29) is 0 Å². The second kappa shape index (κ2) is 7.84. The smallest absolute Gasteiger partial charge is 0.115 e. The molecule has 0 amide bonds. The van der Waals surface area contributed by atoms with Crippen LogP contribution in [0.1, 0.15) is 52.0 Å². The lowest BCUT2D eigenvalue weighted by Gasteiger charge is -2.36. The molecule has 1 aromatic rings. The van der Waals surface area contributed by atoms with Gasteiger partial charge >= 0.3 is 0 Å². The number of nitrogens with one attached hydrogen (secondary N) is 1. The molecule has 1 fully saturated rings. The van der Waals surface area contributed by atoms with Gasteiger partial charge in [-0.3, -0.25) is 0 Å². The molecule has 2 nitrogen and oxygen atoms in total. The largest absolute Gasteiger partial charge is 0.508 e. The minimum atomic E-state index is 0.381. The van der Waals surface area contributed by atoms with Crippen molar-refractivity contribution in [3.63, 3.8) is 0 Å². The second-order valence-corrected chi connectivity index (χ2v) is 6.96. The van der Waals surface area contributed by atoms with Gasteiger partial charge in [0.05, 0.1) is 0 Å². The molecule has 118 valence electrons. The highest BCUT2D eigenvalue weighted by Crippen LogP contribution is 2.35. The lowest BCUT2D eigenvalue weighted by Crippen LogP contribution is -2.40. The van der Waals surface area contributed by atoms with Crippen LogP contribution in [0.15, 0.2) is 24.3 Å². The number of rotatable bonds is 6. The summed E-state index contributed by atoms with van der Waals surface area (Å²) in [4.78, 5) is 0. The van der Waals surface area contributed by atoms with Gasteiger partial charge in [-0.25, -0.2) is 0 Å². The fraction of sp³-hybridized carbons (Fsp3) is 0.684. The number of hydrogen-bond donors (Lipinski definition) is 2. The van der Waals surface area contributed by atoms with Crippen LogP contribution in [0.3, 0.4) is 0 Å². The maximum atomic E-state index is 9.64. The van der Waals surface area contributed by atoms with E-state index >= 15 is 0 Å². The minimum absolute atomic E-state index is 0.381. The summed E-state index contributed by atoms with van der Waals surface area (Å²) in [7, 11) is 0. The zero-order valence-corrected chi connectivity index (χ0v) is 13.8. The van der Waals surface area contributed by atoms with E-state index in [2.05, 4.69) is 32.2 Å². The van der Waals surface area contributed by atoms with E-state index in [1.54, 1.807) is 6.07 Å². The molecule has 0 saturated heterocycles. The van der Waals surface area contributed by atoms with E-state index in [0.717, 1.165) is 30.7 Å². The van der Waals surface area contributed by atoms with Gasteiger partial charge in [-0.2, -0.15) is 0 Å². The fourth-order valence-electron chi connectivity index (χ4n) is 3.82. The Balaban J connectivity index is 1.96. The minimum Gasteiger partial charge on any atom is -0.508 e. The van der Waals surface area contributed by atoms with Crippen molar-refractivity contribution in [2.75, 3.05) is 6.54 Å². The van der Waals surface area contributed by atoms with Crippen LogP contribution in [-0.4, -0.2) is 17.7 Å². The molecule has 0 bridgehead atoms. The maximum absolute atomic E-state index is 9.64. The summed E-state index contributed by atoms with van der Waals surface area (Å²) < 4.78 is 0. The Bertz CT molecular complexity index is 421. The van der Waals surface area contributed by atoms with E-state index < -0.39 is 0 Å². The molecule has 1 unspecified atom stereocenters. The molecule has 2 N–H and O–H groups in total. The predicted octanol–water partition coefficient (Wildman–Crippen LogP) is 4.38. The highest BCUT2D eigenvalue weighted by Gasteiger charge is 2.28. The number of aromatic hydroxyl groups is 1. The van der Waals surface area contributed by atoms with Crippen LogP contribution in [-0.2, 0) is 6.42 Å². The van der Waals surface area contributed by atoms with Crippen molar-refractivity contribution in [1.82, 2.24) is 5.32 Å². The molecule has 0 aromatic heterocycles. The van der Waals surface area contributed by atoms with E-state index in [1.807, 2.05) is 12.1 Å². The average molecular weight is 289 g/mol. The molecule has 1 aromatic carbocycles. The highest BCUT2D eigenvalue weighted by atomic mass is 16.3. The quantitative estimate of drug-likeness (QED) is 0.815. The standard InChI is InChI=1S/C19H31NO/c1-4-20-19(13-15-6-5-7-18(21)12-15)17-10-8-16(9-11-17)14(2)3/h5-7,12,14,16-17,19-21H,4,8-11,13H2,1-3H3. The van der Waals surface area contributed by atoms with Gasteiger partial charge in [-0.1, -0.05) is 32.9 Å². The summed E-state index contributed by atoms with van der Waals surface area (Å²) in [5.74, 6) is 2.91. The Labute approximate surface area is 130 Å². The van der Waals surface area contributed by atoms with Crippen molar-refractivity contribution >= 4 is 0 Å². The first-order chi connectivity index (χ1) is 10.1. The molecule has 1 aliphatic carbocycles. The van der Waals surface area contributed by atoms with Crippen molar-refractivity contribution in [2.24, 2.45) is 17.8 Å². The van der Waals surface area contributed by atoms with Crippen molar-refractivity contribution < 1.29 is 5.11 Å². The lowest BCUT2D eigenvalue weighted by molar-refractivity contribution is 0.188. The summed E-state index contributed by atoms with van der Waals surface area (Å²) in [5, 5.41) is 13.3. The van der Waals surface area contributed by atoms with E-state index in [1.165, 1.54) is 31.2 Å². The van der Waals surface area contributed by atoms with E-state index in [9.17, 15) is 5.11 Å². The molecule has 1 atom stereocenters. The first kappa shape index (κ1) is 16.4. The summed E-state index contributed by atoms with van der Waals surface area (Å²) in [6, 6.07) is 8.28. The van der Waals surface area contributed by atoms with Gasteiger partial charge in [0.15, 0.2) is 0 Å². The summed E-state index contributed by atoms with van der Waals surface area (Å²) in [5.41, 5.74) is 1.24. The van der Waals surface area contributed by atoms with Crippen molar-refractivity contribution in [1.29, 1.82) is 0 Å². The van der Waals surface area contributed by atoms with Gasteiger partial charge in [0.25, 0.3) is 0 Å². The molecule has 2 rings (SSSR count). The topological polar surface area (TPSA) is 32.3 Å². The van der Waals surface area contributed by atoms with Crippen LogP contribution in [0.25, 0.3) is 0 Å². The van der Waals surface area contributed by atoms with Crippen LogP contribution in [0, 0.1) is 17.8 Å². The normalized spacial score (nSPS) is 24.2. The molecule has 21 heavy (non-hydrogen) atoms. The molecule has 1 aliphatic rings. The molecular weight excluding hydrogens is 258 g/mol. The molecule has 0 aliphatic heterocycles. The first-order valence-corrected chi connectivity index (χ1v) is 8.61. The summed E-state index contributed by atoms with van der Waals surface area (Å²) in [6.07, 6.45) is 6.48. The lowest BCUT2D eigenvalue weighted by atomic mass is 9.73. The highest BCUT2D eigenvalue weighted by molar-refractivity contribution is 5.27. The van der Waals surface area contributed by atoms with Crippen molar-refractivity contribution in [3.05, 3.63) is 29.8 Å². The van der Waals surface area contributed by atoms with Crippen LogP contribution in [0.5, 0.6) is 5.75 Å². The van der Waals surface area contributed by atoms with Crippen LogP contribution < -0.4 is 5.32 Å². The Kier molecular flexibility index (Phi) is 6.10. The van der Waals surface area contributed by atoms with Gasteiger partial charge in [0, 0.05) is 6.04 Å². The van der Waals surface area contributed by atoms with Crippen LogP contribution in [0.2, 0.25) is 0 Å². The Morgan fingerprint density at radius 2 is 1.81 bits per heavy atom. The third-order valence-corrected chi connectivity index (χ3v) is 5.16. The first-order valence-electron chi connectivity index (χ1n) is 8.61. The zero-order chi connectivity index (χ0) is 15.2. The van der Waals surface area contributed by atoms with E-state index in [0.29, 0.717) is 11.8 Å². The Morgan fingerprint density at radius 1 is 1.14 bits per heavy atom. The molecule has 0 radical (unpaired) electrons. The zero-order valence-electron chi connectivity index (χ0n) is 13.8. The third kappa shape index (κ3) is 4.74. The Hall–Kier alpha value is -1.02. The van der Waals surface area contributed by atoms with Gasteiger partial charge in [0.1, 0.15) is 5.75 Å². The third-order valence-electron chi connectivity index (χ3n) is 5.16. The molecule has 0 spiro atoms. The van der Waals surface area contributed by atoms with Gasteiger partial charge < -0.3 is 10.4 Å². The number of phenols is 1. The van der Waals surface area contributed by atoms with Crippen molar-refractivity contribution in [3.8, 4) is 5.75 Å². The van der Waals surface area contributed by atoms with Crippen LogP contribution in [0.4, 0.5) is 0 Å². The molecule has 2 heteroatoms. The predicted molar refractivity (Wildman–Crippen MR) is 89.6 cm³/mol. The second-order valence-electron chi connectivity index (χ2n) is 6.96. The SMILES string of the molecule is CCNC(Cc1cccc(O)c1)C1CCC(C(C)C)CC1. The Morgan fingerprint density at radius 3 is 2.38 bits per heavy atom. The molecule has 0 heterocycles. The van der Waals surface area contributed by atoms with Gasteiger partial charge in [-0.05, 0) is 74.1 Å². The molecule has 1 saturated carbocycles. The average Bonchev–Trinajstić information content (AvgIpc) is 2.47. The number of benzene rings is 1. The maximum Gasteiger partial charge on any atom is 0.115 e.